The van der Waals surface area contributed by atoms with Crippen LogP contribution in [-0.2, 0) is 4.74 Å². The van der Waals surface area contributed by atoms with E-state index in [1.54, 1.807) is 0 Å². The van der Waals surface area contributed by atoms with Gasteiger partial charge in [-0.3, -0.25) is 0 Å². The van der Waals surface area contributed by atoms with E-state index in [-0.39, 0.29) is 12.6 Å². The minimum absolute atomic E-state index is 0.0432. The maximum absolute atomic E-state index is 12.6. The van der Waals surface area contributed by atoms with E-state index >= 15 is 0 Å². The van der Waals surface area contributed by atoms with E-state index in [1.165, 1.54) is 0 Å². The van der Waals surface area contributed by atoms with Crippen molar-refractivity contribution < 1.29 is 22.3 Å². The van der Waals surface area contributed by atoms with Gasteiger partial charge in [0.25, 0.3) is 0 Å². The summed E-state index contributed by atoms with van der Waals surface area (Å²) in [6.45, 7) is 3.62. The van der Waals surface area contributed by atoms with Crippen molar-refractivity contribution in [3.63, 3.8) is 0 Å². The molecule has 1 N–H and O–H groups in total. The van der Waals surface area contributed by atoms with Crippen LogP contribution in [0.25, 0.3) is 0 Å². The Labute approximate surface area is 106 Å². The third-order valence-corrected chi connectivity index (χ3v) is 2.52. The van der Waals surface area contributed by atoms with Gasteiger partial charge in [0.2, 0.25) is 0 Å². The van der Waals surface area contributed by atoms with Gasteiger partial charge >= 0.3 is 12.3 Å². The topological polar surface area (TPSA) is 21.3 Å². The first-order valence-corrected chi connectivity index (χ1v) is 6.41. The second-order valence-electron chi connectivity index (χ2n) is 4.37. The molecule has 0 spiro atoms. The molecular formula is C12H23F4NO. The lowest BCUT2D eigenvalue weighted by Gasteiger charge is -2.20. The first-order chi connectivity index (χ1) is 8.44. The van der Waals surface area contributed by atoms with Crippen LogP contribution in [0.1, 0.15) is 39.5 Å². The molecule has 0 aromatic rings. The lowest BCUT2D eigenvalue weighted by Crippen LogP contribution is -2.38. The lowest BCUT2D eigenvalue weighted by molar-refractivity contribution is -0.167. The summed E-state index contributed by atoms with van der Waals surface area (Å²) >= 11 is 0. The zero-order valence-corrected chi connectivity index (χ0v) is 11.0. The monoisotopic (exact) mass is 273 g/mol. The van der Waals surface area contributed by atoms with Gasteiger partial charge in [-0.25, -0.2) is 8.78 Å². The third-order valence-electron chi connectivity index (χ3n) is 2.52. The van der Waals surface area contributed by atoms with Crippen LogP contribution in [-0.4, -0.2) is 38.1 Å². The molecule has 1 atom stereocenters. The van der Waals surface area contributed by atoms with Gasteiger partial charge in [0.1, 0.15) is 6.61 Å². The minimum Gasteiger partial charge on any atom is -0.373 e. The average Bonchev–Trinajstić information content (AvgIpc) is 2.31. The van der Waals surface area contributed by atoms with E-state index < -0.39 is 19.0 Å². The lowest BCUT2D eigenvalue weighted by atomic mass is 10.1. The van der Waals surface area contributed by atoms with Crippen molar-refractivity contribution in [2.75, 3.05) is 19.8 Å². The van der Waals surface area contributed by atoms with Crippen LogP contribution < -0.4 is 5.32 Å². The summed E-state index contributed by atoms with van der Waals surface area (Å²) in [5, 5.41) is 3.16. The first kappa shape index (κ1) is 17.6. The molecule has 110 valence electrons. The molecule has 0 fully saturated rings. The predicted molar refractivity (Wildman–Crippen MR) is 63.4 cm³/mol. The van der Waals surface area contributed by atoms with Crippen molar-refractivity contribution in [2.45, 2.75) is 57.9 Å². The molecule has 0 aromatic heterocycles. The Kier molecular flexibility index (Phi) is 9.36. The highest BCUT2D eigenvalue weighted by Gasteiger charge is 2.41. The summed E-state index contributed by atoms with van der Waals surface area (Å²) in [5.74, 6) is -4.06. The van der Waals surface area contributed by atoms with Crippen molar-refractivity contribution in [3.8, 4) is 0 Å². The fourth-order valence-corrected chi connectivity index (χ4v) is 1.44. The average molecular weight is 273 g/mol. The molecule has 0 aliphatic heterocycles. The molecular weight excluding hydrogens is 250 g/mol. The number of rotatable bonds is 11. The zero-order valence-electron chi connectivity index (χ0n) is 11.0. The Hall–Kier alpha value is -0.360. The first-order valence-electron chi connectivity index (χ1n) is 6.41. The summed E-state index contributed by atoms with van der Waals surface area (Å²) in [5.41, 5.74) is 0. The molecule has 0 heterocycles. The maximum atomic E-state index is 12.6. The van der Waals surface area contributed by atoms with E-state index in [0.717, 1.165) is 32.2 Å². The second kappa shape index (κ2) is 9.55. The molecule has 0 rings (SSSR count). The fourth-order valence-electron chi connectivity index (χ4n) is 1.44. The van der Waals surface area contributed by atoms with Crippen molar-refractivity contribution in [1.29, 1.82) is 0 Å². The number of unbranched alkanes of at least 4 members (excludes halogenated alkanes) is 1. The predicted octanol–water partition coefficient (Wildman–Crippen LogP) is 3.46. The van der Waals surface area contributed by atoms with Crippen LogP contribution in [0.4, 0.5) is 17.6 Å². The molecule has 0 amide bonds. The van der Waals surface area contributed by atoms with Gasteiger partial charge in [-0.15, -0.1) is 0 Å². The van der Waals surface area contributed by atoms with Gasteiger partial charge in [-0.2, -0.15) is 8.78 Å². The normalized spacial score (nSPS) is 14.2. The molecule has 6 heteroatoms. The number of hydrogen-bond acceptors (Lipinski definition) is 2. The molecule has 0 aliphatic carbocycles. The molecule has 0 bridgehead atoms. The Balaban J connectivity index is 3.93. The Morgan fingerprint density at radius 2 is 1.83 bits per heavy atom. The maximum Gasteiger partial charge on any atom is 0.330 e. The van der Waals surface area contributed by atoms with Crippen LogP contribution in [0.5, 0.6) is 0 Å². The van der Waals surface area contributed by atoms with Gasteiger partial charge in [-0.05, 0) is 19.4 Å². The van der Waals surface area contributed by atoms with Crippen LogP contribution in [0, 0.1) is 0 Å². The Bertz CT molecular complexity index is 195. The largest absolute Gasteiger partial charge is 0.373 e. The standard InChI is InChI=1S/C12H23F4NO/c1-3-5-6-10(17-7-4-2)8-18-9-12(15,16)11(13)14/h10-11,17H,3-9H2,1-2H3. The van der Waals surface area contributed by atoms with Gasteiger partial charge in [0.15, 0.2) is 0 Å². The molecule has 0 saturated heterocycles. The van der Waals surface area contributed by atoms with Gasteiger partial charge in [0, 0.05) is 6.04 Å². The summed E-state index contributed by atoms with van der Waals surface area (Å²) in [4.78, 5) is 0. The van der Waals surface area contributed by atoms with Crippen molar-refractivity contribution in [2.24, 2.45) is 0 Å². The number of alkyl halides is 4. The smallest absolute Gasteiger partial charge is 0.330 e. The summed E-state index contributed by atoms with van der Waals surface area (Å²) in [7, 11) is 0. The molecule has 2 nitrogen and oxygen atoms in total. The molecule has 18 heavy (non-hydrogen) atoms. The molecule has 1 unspecified atom stereocenters. The number of hydrogen-bond donors (Lipinski definition) is 1. The van der Waals surface area contributed by atoms with E-state index in [2.05, 4.69) is 5.32 Å². The van der Waals surface area contributed by atoms with Gasteiger partial charge in [-0.1, -0.05) is 26.7 Å². The highest BCUT2D eigenvalue weighted by atomic mass is 19.3. The number of nitrogens with one attached hydrogen (secondary N) is 1. The van der Waals surface area contributed by atoms with Crippen LogP contribution in [0.2, 0.25) is 0 Å². The molecule has 0 aromatic carbocycles. The molecule has 0 aliphatic rings. The second-order valence-corrected chi connectivity index (χ2v) is 4.37. The van der Waals surface area contributed by atoms with Crippen LogP contribution in [0.15, 0.2) is 0 Å². The Morgan fingerprint density at radius 3 is 2.33 bits per heavy atom. The van der Waals surface area contributed by atoms with Crippen molar-refractivity contribution >= 4 is 0 Å². The highest BCUT2D eigenvalue weighted by Crippen LogP contribution is 2.22. The molecule has 0 radical (unpaired) electrons. The summed E-state index contributed by atoms with van der Waals surface area (Å²) < 4.78 is 53.7. The molecule has 0 saturated carbocycles. The quantitative estimate of drug-likeness (QED) is 0.582. The number of halogens is 4. The van der Waals surface area contributed by atoms with E-state index in [0.29, 0.717) is 0 Å². The fraction of sp³-hybridized carbons (Fsp3) is 1.00. The third kappa shape index (κ3) is 7.87. The van der Waals surface area contributed by atoms with Gasteiger partial charge in [0.05, 0.1) is 6.61 Å². The van der Waals surface area contributed by atoms with Gasteiger partial charge < -0.3 is 10.1 Å². The summed E-state index contributed by atoms with van der Waals surface area (Å²) in [6, 6.07) is -0.0432. The van der Waals surface area contributed by atoms with Crippen LogP contribution >= 0.6 is 0 Å². The van der Waals surface area contributed by atoms with Crippen molar-refractivity contribution in [1.82, 2.24) is 5.32 Å². The van der Waals surface area contributed by atoms with E-state index in [4.69, 9.17) is 4.74 Å². The zero-order chi connectivity index (χ0) is 14.0. The van der Waals surface area contributed by atoms with Crippen LogP contribution in [0.3, 0.4) is 0 Å². The number of ether oxygens (including phenoxy) is 1. The van der Waals surface area contributed by atoms with E-state index in [1.807, 2.05) is 13.8 Å². The Morgan fingerprint density at radius 1 is 1.17 bits per heavy atom. The van der Waals surface area contributed by atoms with E-state index in [9.17, 15) is 17.6 Å². The van der Waals surface area contributed by atoms with Crippen molar-refractivity contribution in [3.05, 3.63) is 0 Å². The highest BCUT2D eigenvalue weighted by molar-refractivity contribution is 4.70. The minimum atomic E-state index is -4.06. The summed E-state index contributed by atoms with van der Waals surface area (Å²) in [6.07, 6.45) is 0.00949. The SMILES string of the molecule is CCCCC(COCC(F)(F)C(F)F)NCCC.